The van der Waals surface area contributed by atoms with E-state index in [2.05, 4.69) is 11.4 Å². The van der Waals surface area contributed by atoms with Gasteiger partial charge in [-0.3, -0.25) is 0 Å². The van der Waals surface area contributed by atoms with Gasteiger partial charge in [0, 0.05) is 32.9 Å². The Hall–Kier alpha value is -0.940. The van der Waals surface area contributed by atoms with Crippen molar-refractivity contribution in [1.82, 2.24) is 5.32 Å². The van der Waals surface area contributed by atoms with Gasteiger partial charge in [-0.15, -0.1) is 0 Å². The van der Waals surface area contributed by atoms with E-state index >= 15 is 0 Å². The monoisotopic (exact) mass is 237 g/mol. The van der Waals surface area contributed by atoms with Crippen molar-refractivity contribution in [3.8, 4) is 0 Å². The van der Waals surface area contributed by atoms with Crippen molar-refractivity contribution < 1.29 is 14.2 Å². The molecule has 4 nitrogen and oxygen atoms in total. The number of nitrogens with one attached hydrogen (secondary N) is 1. The van der Waals surface area contributed by atoms with E-state index in [9.17, 15) is 0 Å². The van der Waals surface area contributed by atoms with Crippen LogP contribution in [0.5, 0.6) is 0 Å². The standard InChI is InChI=1S/C13H19NO3/c1-15-13(16-2)11-6-4-3-5-10(11)12-9-14-7-8-17-12/h3-6,12-14H,7-9H2,1-2H3. The normalized spacial score (nSPS) is 20.8. The Morgan fingerprint density at radius 3 is 2.71 bits per heavy atom. The van der Waals surface area contributed by atoms with Crippen LogP contribution in [0.4, 0.5) is 0 Å². The summed E-state index contributed by atoms with van der Waals surface area (Å²) in [5.41, 5.74) is 2.17. The van der Waals surface area contributed by atoms with E-state index < -0.39 is 0 Å². The number of ether oxygens (including phenoxy) is 3. The SMILES string of the molecule is COC(OC)c1ccccc1C1CNCCO1. The van der Waals surface area contributed by atoms with Crippen molar-refractivity contribution in [3.05, 3.63) is 35.4 Å². The van der Waals surface area contributed by atoms with Gasteiger partial charge in [-0.1, -0.05) is 24.3 Å². The number of benzene rings is 1. The number of hydrogen-bond donors (Lipinski definition) is 1. The molecule has 0 amide bonds. The smallest absolute Gasteiger partial charge is 0.183 e. The third kappa shape index (κ3) is 2.84. The molecule has 17 heavy (non-hydrogen) atoms. The van der Waals surface area contributed by atoms with Crippen LogP contribution >= 0.6 is 0 Å². The molecule has 0 aromatic heterocycles. The Labute approximate surface area is 102 Å². The van der Waals surface area contributed by atoms with Crippen LogP contribution in [0.2, 0.25) is 0 Å². The lowest BCUT2D eigenvalue weighted by Crippen LogP contribution is -2.34. The van der Waals surface area contributed by atoms with Gasteiger partial charge < -0.3 is 19.5 Å². The largest absolute Gasteiger partial charge is 0.371 e. The van der Waals surface area contributed by atoms with Crippen molar-refractivity contribution >= 4 is 0 Å². The Morgan fingerprint density at radius 1 is 1.29 bits per heavy atom. The van der Waals surface area contributed by atoms with Gasteiger partial charge in [-0.2, -0.15) is 0 Å². The summed E-state index contributed by atoms with van der Waals surface area (Å²) in [6, 6.07) is 8.09. The second kappa shape index (κ2) is 6.12. The van der Waals surface area contributed by atoms with Crippen LogP contribution in [0.15, 0.2) is 24.3 Å². The van der Waals surface area contributed by atoms with Crippen molar-refractivity contribution in [1.29, 1.82) is 0 Å². The first-order chi connectivity index (χ1) is 8.36. The lowest BCUT2D eigenvalue weighted by molar-refractivity contribution is -0.108. The highest BCUT2D eigenvalue weighted by Gasteiger charge is 2.22. The Kier molecular flexibility index (Phi) is 4.50. The van der Waals surface area contributed by atoms with Crippen LogP contribution in [0.1, 0.15) is 23.5 Å². The van der Waals surface area contributed by atoms with Crippen molar-refractivity contribution in [2.45, 2.75) is 12.4 Å². The molecule has 1 unspecified atom stereocenters. The summed E-state index contributed by atoms with van der Waals surface area (Å²) in [4.78, 5) is 0. The summed E-state index contributed by atoms with van der Waals surface area (Å²) in [7, 11) is 3.29. The zero-order valence-corrected chi connectivity index (χ0v) is 10.3. The van der Waals surface area contributed by atoms with Crippen LogP contribution < -0.4 is 5.32 Å². The maximum Gasteiger partial charge on any atom is 0.183 e. The summed E-state index contributed by atoms with van der Waals surface area (Å²) >= 11 is 0. The minimum atomic E-state index is -0.336. The molecule has 0 spiro atoms. The Balaban J connectivity index is 2.25. The predicted octanol–water partition coefficient (Wildman–Crippen LogP) is 1.64. The van der Waals surface area contributed by atoms with Gasteiger partial charge in [0.2, 0.25) is 0 Å². The van der Waals surface area contributed by atoms with Gasteiger partial charge in [-0.25, -0.2) is 0 Å². The number of methoxy groups -OCH3 is 2. The second-order valence-corrected chi connectivity index (χ2v) is 4.00. The molecular weight excluding hydrogens is 218 g/mol. The highest BCUT2D eigenvalue weighted by atomic mass is 16.7. The minimum Gasteiger partial charge on any atom is -0.371 e. The topological polar surface area (TPSA) is 39.7 Å². The first kappa shape index (κ1) is 12.5. The van der Waals surface area contributed by atoms with Crippen LogP contribution in [0.25, 0.3) is 0 Å². The molecular formula is C13H19NO3. The molecule has 1 heterocycles. The first-order valence-corrected chi connectivity index (χ1v) is 5.83. The minimum absolute atomic E-state index is 0.0766. The Bertz CT molecular complexity index is 346. The van der Waals surface area contributed by atoms with Crippen molar-refractivity contribution in [2.75, 3.05) is 33.9 Å². The molecule has 0 saturated carbocycles. The van der Waals surface area contributed by atoms with Crippen molar-refractivity contribution in [2.24, 2.45) is 0 Å². The van der Waals surface area contributed by atoms with E-state index in [-0.39, 0.29) is 12.4 Å². The van der Waals surface area contributed by atoms with Gasteiger partial charge in [0.15, 0.2) is 6.29 Å². The van der Waals surface area contributed by atoms with Crippen LogP contribution in [-0.2, 0) is 14.2 Å². The van der Waals surface area contributed by atoms with E-state index in [0.29, 0.717) is 0 Å². The third-order valence-electron chi connectivity index (χ3n) is 2.95. The summed E-state index contributed by atoms with van der Waals surface area (Å²) in [5.74, 6) is 0. The summed E-state index contributed by atoms with van der Waals surface area (Å²) in [6.45, 7) is 2.48. The zero-order valence-electron chi connectivity index (χ0n) is 10.3. The zero-order chi connectivity index (χ0) is 12.1. The summed E-state index contributed by atoms with van der Waals surface area (Å²) in [6.07, 6.45) is -0.260. The van der Waals surface area contributed by atoms with Gasteiger partial charge >= 0.3 is 0 Å². The molecule has 1 aromatic rings. The fourth-order valence-electron chi connectivity index (χ4n) is 2.13. The van der Waals surface area contributed by atoms with Gasteiger partial charge in [-0.05, 0) is 5.56 Å². The quantitative estimate of drug-likeness (QED) is 0.808. The number of rotatable bonds is 4. The molecule has 4 heteroatoms. The average molecular weight is 237 g/mol. The van der Waals surface area contributed by atoms with Crippen LogP contribution in [0.3, 0.4) is 0 Å². The summed E-state index contributed by atoms with van der Waals surface area (Å²) < 4.78 is 16.4. The van der Waals surface area contributed by atoms with E-state index in [1.165, 1.54) is 0 Å². The molecule has 1 fully saturated rings. The van der Waals surface area contributed by atoms with Gasteiger partial charge in [0.1, 0.15) is 0 Å². The lowest BCUT2D eigenvalue weighted by Gasteiger charge is -2.27. The molecule has 0 aliphatic carbocycles. The molecule has 94 valence electrons. The molecule has 0 radical (unpaired) electrons. The molecule has 1 N–H and O–H groups in total. The second-order valence-electron chi connectivity index (χ2n) is 4.00. The predicted molar refractivity (Wildman–Crippen MR) is 64.8 cm³/mol. The van der Waals surface area contributed by atoms with Crippen LogP contribution in [-0.4, -0.2) is 33.9 Å². The third-order valence-corrected chi connectivity index (χ3v) is 2.95. The maximum absolute atomic E-state index is 5.77. The molecule has 1 aliphatic heterocycles. The number of hydrogen-bond acceptors (Lipinski definition) is 4. The summed E-state index contributed by atoms with van der Waals surface area (Å²) in [5, 5.41) is 3.33. The van der Waals surface area contributed by atoms with Crippen molar-refractivity contribution in [3.63, 3.8) is 0 Å². The fourth-order valence-corrected chi connectivity index (χ4v) is 2.13. The molecule has 0 bridgehead atoms. The average Bonchev–Trinajstić information content (AvgIpc) is 2.42. The first-order valence-electron chi connectivity index (χ1n) is 5.83. The van der Waals surface area contributed by atoms with E-state index in [1.807, 2.05) is 18.2 Å². The van der Waals surface area contributed by atoms with Gasteiger partial charge in [0.25, 0.3) is 0 Å². The van der Waals surface area contributed by atoms with E-state index in [1.54, 1.807) is 14.2 Å². The maximum atomic E-state index is 5.77. The number of morpholine rings is 1. The molecule has 1 saturated heterocycles. The molecule has 2 rings (SSSR count). The van der Waals surface area contributed by atoms with Gasteiger partial charge in [0.05, 0.1) is 12.7 Å². The lowest BCUT2D eigenvalue weighted by atomic mass is 10.0. The molecule has 1 aromatic carbocycles. The van der Waals surface area contributed by atoms with E-state index in [0.717, 1.165) is 30.8 Å². The van der Waals surface area contributed by atoms with E-state index in [4.69, 9.17) is 14.2 Å². The Morgan fingerprint density at radius 2 is 2.06 bits per heavy atom. The van der Waals surface area contributed by atoms with Crippen LogP contribution in [0, 0.1) is 0 Å². The highest BCUT2D eigenvalue weighted by molar-refractivity contribution is 5.30. The molecule has 1 atom stereocenters. The highest BCUT2D eigenvalue weighted by Crippen LogP contribution is 2.28. The molecule has 1 aliphatic rings. The fraction of sp³-hybridized carbons (Fsp3) is 0.538.